The third kappa shape index (κ3) is 3.67. The summed E-state index contributed by atoms with van der Waals surface area (Å²) in [7, 11) is 0. The Bertz CT molecular complexity index is 619. The summed E-state index contributed by atoms with van der Waals surface area (Å²) in [5.41, 5.74) is 10.7. The van der Waals surface area contributed by atoms with Gasteiger partial charge in [-0.2, -0.15) is 0 Å². The van der Waals surface area contributed by atoms with Crippen LogP contribution in [0.3, 0.4) is 0 Å². The number of nitrogens with zero attached hydrogens (tertiary/aromatic N) is 2. The van der Waals surface area contributed by atoms with Gasteiger partial charge in [-0.3, -0.25) is 0 Å². The predicted octanol–water partition coefficient (Wildman–Crippen LogP) is 5.48. The Hall–Kier alpha value is -1.42. The van der Waals surface area contributed by atoms with E-state index in [1.165, 1.54) is 48.1 Å². The summed E-state index contributed by atoms with van der Waals surface area (Å²) < 4.78 is 0. The van der Waals surface area contributed by atoms with Gasteiger partial charge in [-0.15, -0.1) is 21.5 Å². The van der Waals surface area contributed by atoms with Crippen LogP contribution in [0.1, 0.15) is 68.6 Å². The molecular weight excluding hydrogens is 290 g/mol. The molecule has 4 heteroatoms. The van der Waals surface area contributed by atoms with E-state index in [-0.39, 0.29) is 0 Å². The van der Waals surface area contributed by atoms with Crippen LogP contribution in [-0.2, 0) is 0 Å². The zero-order chi connectivity index (χ0) is 16.1. The highest BCUT2D eigenvalue weighted by molar-refractivity contribution is 7.13. The molecule has 120 valence electrons. The minimum absolute atomic E-state index is 0.464. The summed E-state index contributed by atoms with van der Waals surface area (Å²) in [5.74, 6) is 1.03. The number of rotatable bonds is 7. The van der Waals surface area contributed by atoms with Gasteiger partial charge in [0.05, 0.1) is 4.88 Å². The number of nitrogens with two attached hydrogens (primary N) is 1. The van der Waals surface area contributed by atoms with Crippen LogP contribution >= 0.6 is 11.3 Å². The van der Waals surface area contributed by atoms with Gasteiger partial charge in [0.15, 0.2) is 0 Å². The van der Waals surface area contributed by atoms with Gasteiger partial charge in [0, 0.05) is 0 Å². The van der Waals surface area contributed by atoms with E-state index in [4.69, 9.17) is 5.73 Å². The highest BCUT2D eigenvalue weighted by Crippen LogP contribution is 2.37. The quantitative estimate of drug-likeness (QED) is 0.688. The van der Waals surface area contributed by atoms with Crippen molar-refractivity contribution in [1.29, 1.82) is 0 Å². The lowest BCUT2D eigenvalue weighted by Gasteiger charge is -2.18. The molecule has 0 aromatic carbocycles. The molecule has 0 amide bonds. The topological polar surface area (TPSA) is 51.8 Å². The van der Waals surface area contributed by atoms with Gasteiger partial charge in [0.25, 0.3) is 0 Å². The molecule has 2 N–H and O–H groups in total. The number of aryl methyl sites for hydroxylation is 1. The van der Waals surface area contributed by atoms with E-state index in [2.05, 4.69) is 49.3 Å². The fraction of sp³-hybridized carbons (Fsp3) is 0.556. The van der Waals surface area contributed by atoms with E-state index in [1.54, 1.807) is 11.3 Å². The first-order chi connectivity index (χ1) is 10.6. The Morgan fingerprint density at radius 3 is 2.59 bits per heavy atom. The number of nitrogen functional groups attached to an aromatic ring is 1. The molecular formula is C18H27N3S. The lowest BCUT2D eigenvalue weighted by atomic mass is 9.90. The van der Waals surface area contributed by atoms with Crippen molar-refractivity contribution < 1.29 is 0 Å². The van der Waals surface area contributed by atoms with Gasteiger partial charge in [-0.1, -0.05) is 39.5 Å². The fourth-order valence-electron chi connectivity index (χ4n) is 2.96. The van der Waals surface area contributed by atoms with Gasteiger partial charge < -0.3 is 5.73 Å². The van der Waals surface area contributed by atoms with Crippen LogP contribution < -0.4 is 5.73 Å². The molecule has 2 rings (SSSR count). The first kappa shape index (κ1) is 16.9. The summed E-state index contributed by atoms with van der Waals surface area (Å²) >= 11 is 1.74. The van der Waals surface area contributed by atoms with E-state index in [1.807, 2.05) is 0 Å². The molecule has 0 fully saturated rings. The Balaban J connectivity index is 2.32. The van der Waals surface area contributed by atoms with E-state index in [0.29, 0.717) is 11.7 Å². The number of thiophene rings is 1. The summed E-state index contributed by atoms with van der Waals surface area (Å²) in [6.07, 6.45) is 6.35. The van der Waals surface area contributed by atoms with Crippen molar-refractivity contribution in [3.63, 3.8) is 0 Å². The number of anilines is 1. The lowest BCUT2D eigenvalue weighted by molar-refractivity contribution is 0.577. The standard InChI is InChI=1S/C18H27N3S/c1-5-6-7-8-9-12(2)15-14(4)18(19)21-20-16(15)17-13(3)10-11-22-17/h10-12H,5-9H2,1-4H3,(H2,19,21). The number of unbranched alkanes of at least 4 members (excludes halogenated alkanes) is 3. The van der Waals surface area contributed by atoms with Crippen LogP contribution in [0.5, 0.6) is 0 Å². The van der Waals surface area contributed by atoms with Crippen molar-refractivity contribution in [3.05, 3.63) is 28.1 Å². The van der Waals surface area contributed by atoms with E-state index >= 15 is 0 Å². The second kappa shape index (κ2) is 7.73. The van der Waals surface area contributed by atoms with Crippen LogP contribution in [0.4, 0.5) is 5.82 Å². The van der Waals surface area contributed by atoms with Crippen LogP contribution in [0.15, 0.2) is 11.4 Å². The van der Waals surface area contributed by atoms with Crippen molar-refractivity contribution >= 4 is 17.2 Å². The maximum Gasteiger partial charge on any atom is 0.149 e. The van der Waals surface area contributed by atoms with Crippen LogP contribution in [0.2, 0.25) is 0 Å². The number of hydrogen-bond donors (Lipinski definition) is 1. The maximum absolute atomic E-state index is 6.02. The van der Waals surface area contributed by atoms with Gasteiger partial charge in [-0.25, -0.2) is 0 Å². The summed E-state index contributed by atoms with van der Waals surface area (Å²) in [5, 5.41) is 10.7. The van der Waals surface area contributed by atoms with Gasteiger partial charge >= 0.3 is 0 Å². The molecule has 0 aliphatic rings. The fourth-order valence-corrected chi connectivity index (χ4v) is 3.88. The molecule has 0 saturated heterocycles. The monoisotopic (exact) mass is 317 g/mol. The highest BCUT2D eigenvalue weighted by atomic mass is 32.1. The SMILES string of the molecule is CCCCCCC(C)c1c(-c2sccc2C)nnc(N)c1C. The Morgan fingerprint density at radius 1 is 1.18 bits per heavy atom. The molecule has 1 atom stereocenters. The molecule has 0 bridgehead atoms. The van der Waals surface area contributed by atoms with Gasteiger partial charge in [0.1, 0.15) is 11.5 Å². The average molecular weight is 318 g/mol. The van der Waals surface area contributed by atoms with Gasteiger partial charge in [0.2, 0.25) is 0 Å². The Morgan fingerprint density at radius 2 is 1.95 bits per heavy atom. The maximum atomic E-state index is 6.02. The summed E-state index contributed by atoms with van der Waals surface area (Å²) in [6.45, 7) is 8.75. The predicted molar refractivity (Wildman–Crippen MR) is 96.4 cm³/mol. The molecule has 2 heterocycles. The van der Waals surface area contributed by atoms with E-state index < -0.39 is 0 Å². The summed E-state index contributed by atoms with van der Waals surface area (Å²) in [6, 6.07) is 2.14. The van der Waals surface area contributed by atoms with E-state index in [0.717, 1.165) is 11.3 Å². The molecule has 2 aromatic heterocycles. The van der Waals surface area contributed by atoms with Gasteiger partial charge in [-0.05, 0) is 54.3 Å². The molecule has 0 aliphatic carbocycles. The number of hydrogen-bond acceptors (Lipinski definition) is 4. The van der Waals surface area contributed by atoms with Crippen molar-refractivity contribution in [2.75, 3.05) is 5.73 Å². The highest BCUT2D eigenvalue weighted by Gasteiger charge is 2.20. The molecule has 22 heavy (non-hydrogen) atoms. The summed E-state index contributed by atoms with van der Waals surface area (Å²) in [4.78, 5) is 1.23. The zero-order valence-corrected chi connectivity index (χ0v) is 15.0. The van der Waals surface area contributed by atoms with Crippen LogP contribution in [-0.4, -0.2) is 10.2 Å². The van der Waals surface area contributed by atoms with Crippen LogP contribution in [0, 0.1) is 13.8 Å². The number of aromatic nitrogens is 2. The molecule has 2 aromatic rings. The molecule has 0 radical (unpaired) electrons. The minimum atomic E-state index is 0.464. The third-order valence-electron chi connectivity index (χ3n) is 4.36. The second-order valence-corrected chi connectivity index (χ2v) is 7.07. The Kier molecular flexibility index (Phi) is 5.95. The smallest absolute Gasteiger partial charge is 0.149 e. The first-order valence-electron chi connectivity index (χ1n) is 8.23. The normalized spacial score (nSPS) is 12.5. The zero-order valence-electron chi connectivity index (χ0n) is 14.1. The lowest BCUT2D eigenvalue weighted by Crippen LogP contribution is -2.08. The molecule has 1 unspecified atom stereocenters. The first-order valence-corrected chi connectivity index (χ1v) is 9.11. The largest absolute Gasteiger partial charge is 0.382 e. The molecule has 0 aliphatic heterocycles. The van der Waals surface area contributed by atoms with Crippen molar-refractivity contribution in [3.8, 4) is 10.6 Å². The van der Waals surface area contributed by atoms with Crippen molar-refractivity contribution in [2.24, 2.45) is 0 Å². The average Bonchev–Trinajstić information content (AvgIpc) is 2.92. The second-order valence-electron chi connectivity index (χ2n) is 6.16. The van der Waals surface area contributed by atoms with Crippen molar-refractivity contribution in [1.82, 2.24) is 10.2 Å². The van der Waals surface area contributed by atoms with Crippen LogP contribution in [0.25, 0.3) is 10.6 Å². The molecule has 3 nitrogen and oxygen atoms in total. The Labute approximate surface area is 138 Å². The van der Waals surface area contributed by atoms with Crippen molar-refractivity contribution in [2.45, 2.75) is 65.7 Å². The molecule has 0 spiro atoms. The minimum Gasteiger partial charge on any atom is -0.382 e. The molecule has 0 saturated carbocycles. The third-order valence-corrected chi connectivity index (χ3v) is 5.38. The van der Waals surface area contributed by atoms with E-state index in [9.17, 15) is 0 Å².